The van der Waals surface area contributed by atoms with Gasteiger partial charge in [0.2, 0.25) is 0 Å². The molecule has 0 heterocycles. The van der Waals surface area contributed by atoms with Crippen molar-refractivity contribution in [3.63, 3.8) is 0 Å². The standard InChI is InChI=1S/C18H29ClN2/c1-3-12-20-14-18(10-6-7-11-18)15-21(2)13-16-8-4-5-9-17(16)19/h4-5,8-9,20H,3,6-7,10-15H2,1-2H3. The minimum atomic E-state index is 0.463. The third-order valence-electron chi connectivity index (χ3n) is 4.59. The van der Waals surface area contributed by atoms with E-state index in [9.17, 15) is 0 Å². The van der Waals surface area contributed by atoms with Gasteiger partial charge in [-0.05, 0) is 49.9 Å². The van der Waals surface area contributed by atoms with Gasteiger partial charge in [0.25, 0.3) is 0 Å². The average molecular weight is 309 g/mol. The molecule has 3 heteroatoms. The summed E-state index contributed by atoms with van der Waals surface area (Å²) in [4.78, 5) is 2.44. The lowest BCUT2D eigenvalue weighted by Gasteiger charge is -2.34. The predicted molar refractivity (Wildman–Crippen MR) is 91.8 cm³/mol. The van der Waals surface area contributed by atoms with E-state index in [0.717, 1.165) is 31.2 Å². The highest BCUT2D eigenvalue weighted by atomic mass is 35.5. The van der Waals surface area contributed by atoms with Gasteiger partial charge in [-0.2, -0.15) is 0 Å². The van der Waals surface area contributed by atoms with Crippen LogP contribution in [0.4, 0.5) is 0 Å². The van der Waals surface area contributed by atoms with Crippen LogP contribution in [-0.4, -0.2) is 31.6 Å². The molecule has 0 spiro atoms. The molecular formula is C18H29ClN2. The molecule has 1 aliphatic carbocycles. The molecule has 0 atom stereocenters. The van der Waals surface area contributed by atoms with E-state index < -0.39 is 0 Å². The maximum Gasteiger partial charge on any atom is 0.0451 e. The minimum absolute atomic E-state index is 0.463. The van der Waals surface area contributed by atoms with Gasteiger partial charge in [-0.25, -0.2) is 0 Å². The zero-order chi connectivity index (χ0) is 15.1. The van der Waals surface area contributed by atoms with Crippen LogP contribution in [0.15, 0.2) is 24.3 Å². The summed E-state index contributed by atoms with van der Waals surface area (Å²) in [7, 11) is 2.23. The Labute approximate surface area is 134 Å². The molecule has 0 aromatic heterocycles. The minimum Gasteiger partial charge on any atom is -0.316 e. The molecule has 1 aromatic carbocycles. The Morgan fingerprint density at radius 2 is 1.95 bits per heavy atom. The first-order valence-electron chi connectivity index (χ1n) is 8.28. The molecule has 0 aliphatic heterocycles. The highest BCUT2D eigenvalue weighted by Gasteiger charge is 2.34. The molecule has 1 N–H and O–H groups in total. The molecule has 1 aliphatic rings. The van der Waals surface area contributed by atoms with Crippen LogP contribution in [0, 0.1) is 5.41 Å². The van der Waals surface area contributed by atoms with Crippen LogP contribution >= 0.6 is 11.6 Å². The molecule has 21 heavy (non-hydrogen) atoms. The van der Waals surface area contributed by atoms with Gasteiger partial charge in [0, 0.05) is 24.7 Å². The Hall–Kier alpha value is -0.570. The number of hydrogen-bond acceptors (Lipinski definition) is 2. The number of benzene rings is 1. The van der Waals surface area contributed by atoms with Gasteiger partial charge in [0.05, 0.1) is 0 Å². The molecular weight excluding hydrogens is 280 g/mol. The van der Waals surface area contributed by atoms with Crippen molar-refractivity contribution in [1.82, 2.24) is 10.2 Å². The van der Waals surface area contributed by atoms with E-state index in [1.165, 1.54) is 37.7 Å². The molecule has 2 nitrogen and oxygen atoms in total. The van der Waals surface area contributed by atoms with Crippen LogP contribution in [0.2, 0.25) is 5.02 Å². The first kappa shape index (κ1) is 16.8. The zero-order valence-corrected chi connectivity index (χ0v) is 14.3. The summed E-state index contributed by atoms with van der Waals surface area (Å²) >= 11 is 6.28. The van der Waals surface area contributed by atoms with Crippen molar-refractivity contribution in [1.29, 1.82) is 0 Å². The smallest absolute Gasteiger partial charge is 0.0451 e. The van der Waals surface area contributed by atoms with Crippen LogP contribution < -0.4 is 5.32 Å². The van der Waals surface area contributed by atoms with Gasteiger partial charge in [0.15, 0.2) is 0 Å². The van der Waals surface area contributed by atoms with Gasteiger partial charge in [0.1, 0.15) is 0 Å². The van der Waals surface area contributed by atoms with Crippen molar-refractivity contribution in [2.75, 3.05) is 26.7 Å². The van der Waals surface area contributed by atoms with Gasteiger partial charge in [-0.1, -0.05) is 49.6 Å². The Balaban J connectivity index is 1.92. The van der Waals surface area contributed by atoms with Crippen LogP contribution in [0.3, 0.4) is 0 Å². The summed E-state index contributed by atoms with van der Waals surface area (Å²) in [5.41, 5.74) is 1.70. The topological polar surface area (TPSA) is 15.3 Å². The van der Waals surface area contributed by atoms with E-state index in [1.54, 1.807) is 0 Å². The highest BCUT2D eigenvalue weighted by molar-refractivity contribution is 6.31. The molecule has 2 rings (SSSR count). The molecule has 1 saturated carbocycles. The normalized spacial score (nSPS) is 17.5. The van der Waals surface area contributed by atoms with Crippen molar-refractivity contribution in [3.05, 3.63) is 34.9 Å². The second kappa shape index (κ2) is 8.17. The average Bonchev–Trinajstić information content (AvgIpc) is 2.90. The third-order valence-corrected chi connectivity index (χ3v) is 4.96. The molecule has 0 unspecified atom stereocenters. The number of nitrogens with zero attached hydrogens (tertiary/aromatic N) is 1. The number of hydrogen-bond donors (Lipinski definition) is 1. The number of nitrogens with one attached hydrogen (secondary N) is 1. The first-order chi connectivity index (χ1) is 10.2. The lowest BCUT2D eigenvalue weighted by Crippen LogP contribution is -2.41. The fourth-order valence-electron chi connectivity index (χ4n) is 3.59. The van der Waals surface area contributed by atoms with Gasteiger partial charge >= 0.3 is 0 Å². The Kier molecular flexibility index (Phi) is 6.53. The lowest BCUT2D eigenvalue weighted by atomic mass is 9.85. The van der Waals surface area contributed by atoms with Gasteiger partial charge in [-0.3, -0.25) is 0 Å². The number of rotatable bonds is 8. The predicted octanol–water partition coefficient (Wildman–Crippen LogP) is 4.33. The highest BCUT2D eigenvalue weighted by Crippen LogP contribution is 2.38. The summed E-state index contributed by atoms with van der Waals surface area (Å²) in [6.07, 6.45) is 6.69. The van der Waals surface area contributed by atoms with E-state index >= 15 is 0 Å². The van der Waals surface area contributed by atoms with Crippen LogP contribution in [0.25, 0.3) is 0 Å². The van der Waals surface area contributed by atoms with E-state index in [2.05, 4.69) is 36.3 Å². The van der Waals surface area contributed by atoms with Crippen molar-refractivity contribution in [2.45, 2.75) is 45.6 Å². The SMILES string of the molecule is CCCNCC1(CN(C)Cc2ccccc2Cl)CCCC1. The fraction of sp³-hybridized carbons (Fsp3) is 0.667. The molecule has 1 fully saturated rings. The first-order valence-corrected chi connectivity index (χ1v) is 8.66. The Morgan fingerprint density at radius 3 is 2.62 bits per heavy atom. The van der Waals surface area contributed by atoms with E-state index in [0.29, 0.717) is 5.41 Å². The van der Waals surface area contributed by atoms with E-state index in [1.807, 2.05) is 12.1 Å². The summed E-state index contributed by atoms with van der Waals surface area (Å²) < 4.78 is 0. The van der Waals surface area contributed by atoms with Crippen LogP contribution in [-0.2, 0) is 6.54 Å². The second-order valence-corrected chi connectivity index (χ2v) is 7.05. The Morgan fingerprint density at radius 1 is 1.24 bits per heavy atom. The monoisotopic (exact) mass is 308 g/mol. The van der Waals surface area contributed by atoms with E-state index in [4.69, 9.17) is 11.6 Å². The third kappa shape index (κ3) is 4.98. The van der Waals surface area contributed by atoms with Crippen molar-refractivity contribution in [2.24, 2.45) is 5.41 Å². The lowest BCUT2D eigenvalue weighted by molar-refractivity contribution is 0.168. The summed E-state index contributed by atoms with van der Waals surface area (Å²) in [6.45, 7) is 6.63. The van der Waals surface area contributed by atoms with Crippen molar-refractivity contribution >= 4 is 11.6 Å². The Bertz CT molecular complexity index is 427. The van der Waals surface area contributed by atoms with Gasteiger partial charge in [-0.15, -0.1) is 0 Å². The summed E-state index contributed by atoms with van der Waals surface area (Å²) in [6, 6.07) is 8.19. The van der Waals surface area contributed by atoms with Gasteiger partial charge < -0.3 is 10.2 Å². The van der Waals surface area contributed by atoms with E-state index in [-0.39, 0.29) is 0 Å². The zero-order valence-electron chi connectivity index (χ0n) is 13.5. The van der Waals surface area contributed by atoms with Crippen molar-refractivity contribution in [3.8, 4) is 0 Å². The molecule has 0 amide bonds. The maximum absolute atomic E-state index is 6.28. The molecule has 0 radical (unpaired) electrons. The second-order valence-electron chi connectivity index (χ2n) is 6.65. The van der Waals surface area contributed by atoms with Crippen LogP contribution in [0.5, 0.6) is 0 Å². The van der Waals surface area contributed by atoms with Crippen LogP contribution in [0.1, 0.15) is 44.6 Å². The molecule has 0 bridgehead atoms. The maximum atomic E-state index is 6.28. The summed E-state index contributed by atoms with van der Waals surface area (Å²) in [5, 5.41) is 4.53. The summed E-state index contributed by atoms with van der Waals surface area (Å²) in [5.74, 6) is 0. The number of halogens is 1. The molecule has 118 valence electrons. The van der Waals surface area contributed by atoms with Crippen molar-refractivity contribution < 1.29 is 0 Å². The largest absolute Gasteiger partial charge is 0.316 e. The quantitative estimate of drug-likeness (QED) is 0.719. The molecule has 0 saturated heterocycles. The fourth-order valence-corrected chi connectivity index (χ4v) is 3.79. The molecule has 1 aromatic rings.